The normalized spacial score (nSPS) is 11.5. The first-order valence-corrected chi connectivity index (χ1v) is 5.33. The van der Waals surface area contributed by atoms with Gasteiger partial charge in [-0.05, 0) is 28.1 Å². The maximum absolute atomic E-state index is 10.9. The van der Waals surface area contributed by atoms with Crippen LogP contribution in [0.5, 0.6) is 0 Å². The Kier molecular flexibility index (Phi) is 2.41. The van der Waals surface area contributed by atoms with Crippen LogP contribution in [-0.4, -0.2) is 8.42 Å². The summed E-state index contributed by atoms with van der Waals surface area (Å²) in [5, 5.41) is 4.92. The molecule has 0 aliphatic heterocycles. The summed E-state index contributed by atoms with van der Waals surface area (Å²) < 4.78 is 22.3. The molecule has 12 heavy (non-hydrogen) atoms. The van der Waals surface area contributed by atoms with Gasteiger partial charge in [-0.15, -0.1) is 0 Å². The fraction of sp³-hybridized carbons (Fsp3) is 0. The first kappa shape index (κ1) is 9.50. The van der Waals surface area contributed by atoms with Crippen LogP contribution in [0.25, 0.3) is 0 Å². The van der Waals surface area contributed by atoms with Gasteiger partial charge in [0.1, 0.15) is 4.90 Å². The monoisotopic (exact) mass is 250 g/mol. The average Bonchev–Trinajstić information content (AvgIpc) is 1.82. The van der Waals surface area contributed by atoms with Crippen molar-refractivity contribution in [3.05, 3.63) is 22.7 Å². The zero-order chi connectivity index (χ0) is 9.35. The van der Waals surface area contributed by atoms with Crippen LogP contribution < -0.4 is 10.9 Å². The second-order valence-corrected chi connectivity index (χ2v) is 4.56. The van der Waals surface area contributed by atoms with Crippen LogP contribution >= 0.6 is 15.9 Å². The van der Waals surface area contributed by atoms with E-state index in [1.165, 1.54) is 6.07 Å². The molecule has 0 amide bonds. The van der Waals surface area contributed by atoms with Crippen LogP contribution in [0.2, 0.25) is 0 Å². The summed E-state index contributed by atoms with van der Waals surface area (Å²) in [5.74, 6) is 0. The lowest BCUT2D eigenvalue weighted by Crippen LogP contribution is -2.14. The molecule has 0 unspecified atom stereocenters. The van der Waals surface area contributed by atoms with Crippen LogP contribution in [0, 0.1) is 0 Å². The van der Waals surface area contributed by atoms with Crippen molar-refractivity contribution < 1.29 is 8.42 Å². The molecule has 0 saturated heterocycles. The van der Waals surface area contributed by atoms with Gasteiger partial charge in [0.15, 0.2) is 0 Å². The SMILES string of the molecule is Nc1cccc(Br)c1S(N)(=O)=O. The predicted octanol–water partition coefficient (Wildman–Crippen LogP) is 0.679. The molecule has 0 aliphatic carbocycles. The van der Waals surface area contributed by atoms with E-state index in [0.29, 0.717) is 4.47 Å². The molecule has 6 heteroatoms. The third kappa shape index (κ3) is 1.77. The van der Waals surface area contributed by atoms with Crippen molar-refractivity contribution in [1.29, 1.82) is 0 Å². The molecule has 4 nitrogen and oxygen atoms in total. The number of hydrogen-bond acceptors (Lipinski definition) is 3. The number of nitrogens with two attached hydrogens (primary N) is 2. The van der Waals surface area contributed by atoms with Gasteiger partial charge in [-0.1, -0.05) is 6.07 Å². The second-order valence-electron chi connectivity index (χ2n) is 2.20. The number of primary sulfonamides is 1. The molecule has 1 aromatic rings. The molecular weight excluding hydrogens is 244 g/mol. The molecule has 1 rings (SSSR count). The summed E-state index contributed by atoms with van der Waals surface area (Å²) in [4.78, 5) is -0.0648. The molecule has 0 saturated carbocycles. The summed E-state index contributed by atoms with van der Waals surface area (Å²) in [6.07, 6.45) is 0. The molecule has 1 aromatic carbocycles. The van der Waals surface area contributed by atoms with E-state index in [2.05, 4.69) is 15.9 Å². The quantitative estimate of drug-likeness (QED) is 0.719. The maximum atomic E-state index is 10.9. The Bertz CT molecular complexity index is 382. The van der Waals surface area contributed by atoms with E-state index in [4.69, 9.17) is 10.9 Å². The highest BCUT2D eigenvalue weighted by atomic mass is 79.9. The minimum atomic E-state index is -3.74. The molecule has 66 valence electrons. The summed E-state index contributed by atoms with van der Waals surface area (Å²) in [5.41, 5.74) is 5.56. The Morgan fingerprint density at radius 2 is 1.92 bits per heavy atom. The Labute approximate surface area is 78.7 Å². The molecule has 4 N–H and O–H groups in total. The predicted molar refractivity (Wildman–Crippen MR) is 49.9 cm³/mol. The van der Waals surface area contributed by atoms with Crippen molar-refractivity contribution in [2.45, 2.75) is 4.90 Å². The molecule has 0 fully saturated rings. The number of anilines is 1. The Balaban J connectivity index is 3.53. The average molecular weight is 251 g/mol. The van der Waals surface area contributed by atoms with E-state index in [0.717, 1.165) is 0 Å². The molecule has 0 spiro atoms. The van der Waals surface area contributed by atoms with Gasteiger partial charge in [-0.3, -0.25) is 0 Å². The van der Waals surface area contributed by atoms with Crippen molar-refractivity contribution >= 4 is 31.6 Å². The smallest absolute Gasteiger partial charge is 0.241 e. The van der Waals surface area contributed by atoms with Crippen LogP contribution in [0.3, 0.4) is 0 Å². The molecule has 0 aliphatic rings. The highest BCUT2D eigenvalue weighted by Gasteiger charge is 2.15. The van der Waals surface area contributed by atoms with E-state index < -0.39 is 10.0 Å². The summed E-state index contributed by atoms with van der Waals surface area (Å²) >= 11 is 3.04. The first-order chi connectivity index (χ1) is 5.43. The summed E-state index contributed by atoms with van der Waals surface area (Å²) in [6.45, 7) is 0. The van der Waals surface area contributed by atoms with Crippen LogP contribution in [0.4, 0.5) is 5.69 Å². The molecule has 0 aromatic heterocycles. The van der Waals surface area contributed by atoms with E-state index in [9.17, 15) is 8.42 Å². The fourth-order valence-corrected chi connectivity index (χ4v) is 2.62. The number of sulfonamides is 1. The number of hydrogen-bond donors (Lipinski definition) is 2. The van der Waals surface area contributed by atoms with Gasteiger partial charge in [-0.25, -0.2) is 13.6 Å². The third-order valence-corrected chi connectivity index (χ3v) is 3.23. The van der Waals surface area contributed by atoms with E-state index in [1.807, 2.05) is 0 Å². The molecule has 0 heterocycles. The third-order valence-electron chi connectivity index (χ3n) is 1.28. The fourth-order valence-electron chi connectivity index (χ4n) is 0.826. The van der Waals surface area contributed by atoms with Crippen molar-refractivity contribution in [3.8, 4) is 0 Å². The zero-order valence-electron chi connectivity index (χ0n) is 5.99. The van der Waals surface area contributed by atoms with Gasteiger partial charge in [0.05, 0.1) is 5.69 Å². The van der Waals surface area contributed by atoms with Crippen molar-refractivity contribution in [1.82, 2.24) is 0 Å². The van der Waals surface area contributed by atoms with Gasteiger partial charge in [-0.2, -0.15) is 0 Å². The zero-order valence-corrected chi connectivity index (χ0v) is 8.39. The van der Waals surface area contributed by atoms with Gasteiger partial charge in [0, 0.05) is 4.47 Å². The molecular formula is C6H7BrN2O2S. The van der Waals surface area contributed by atoms with Crippen LogP contribution in [0.15, 0.2) is 27.6 Å². The van der Waals surface area contributed by atoms with Crippen LogP contribution in [-0.2, 0) is 10.0 Å². The largest absolute Gasteiger partial charge is 0.398 e. The van der Waals surface area contributed by atoms with Crippen molar-refractivity contribution in [3.63, 3.8) is 0 Å². The Morgan fingerprint density at radius 1 is 1.33 bits per heavy atom. The van der Waals surface area contributed by atoms with Gasteiger partial charge >= 0.3 is 0 Å². The van der Waals surface area contributed by atoms with Gasteiger partial charge in [0.2, 0.25) is 10.0 Å². The standard InChI is InChI=1S/C6H7BrN2O2S/c7-4-2-1-3-5(8)6(4)12(9,10)11/h1-3H,8H2,(H2,9,10,11). The van der Waals surface area contributed by atoms with Crippen molar-refractivity contribution in [2.24, 2.45) is 5.14 Å². The van der Waals surface area contributed by atoms with E-state index in [-0.39, 0.29) is 10.6 Å². The number of benzene rings is 1. The van der Waals surface area contributed by atoms with E-state index in [1.54, 1.807) is 12.1 Å². The lowest BCUT2D eigenvalue weighted by atomic mass is 10.3. The number of rotatable bonds is 1. The number of halogens is 1. The van der Waals surface area contributed by atoms with Gasteiger partial charge < -0.3 is 5.73 Å². The minimum absolute atomic E-state index is 0.0648. The number of nitrogen functional groups attached to an aromatic ring is 1. The van der Waals surface area contributed by atoms with Crippen molar-refractivity contribution in [2.75, 3.05) is 5.73 Å². The highest BCUT2D eigenvalue weighted by molar-refractivity contribution is 9.10. The maximum Gasteiger partial charge on any atom is 0.241 e. The lowest BCUT2D eigenvalue weighted by molar-refractivity contribution is 0.597. The topological polar surface area (TPSA) is 86.2 Å². The Hall–Kier alpha value is -0.590. The Morgan fingerprint density at radius 3 is 2.25 bits per heavy atom. The van der Waals surface area contributed by atoms with Crippen LogP contribution in [0.1, 0.15) is 0 Å². The van der Waals surface area contributed by atoms with Gasteiger partial charge in [0.25, 0.3) is 0 Å². The minimum Gasteiger partial charge on any atom is -0.398 e. The summed E-state index contributed by atoms with van der Waals surface area (Å²) in [7, 11) is -3.74. The summed E-state index contributed by atoms with van der Waals surface area (Å²) in [6, 6.07) is 4.68. The highest BCUT2D eigenvalue weighted by Crippen LogP contribution is 2.25. The molecule has 0 radical (unpaired) electrons. The second kappa shape index (κ2) is 3.04. The lowest BCUT2D eigenvalue weighted by Gasteiger charge is -2.04. The first-order valence-electron chi connectivity index (χ1n) is 2.99. The van der Waals surface area contributed by atoms with E-state index >= 15 is 0 Å². The molecule has 0 atom stereocenters. The molecule has 0 bridgehead atoms.